The summed E-state index contributed by atoms with van der Waals surface area (Å²) in [5.41, 5.74) is 1.40. The van der Waals surface area contributed by atoms with Gasteiger partial charge in [0.2, 0.25) is 5.91 Å². The van der Waals surface area contributed by atoms with Crippen molar-refractivity contribution in [2.24, 2.45) is 5.92 Å². The highest BCUT2D eigenvalue weighted by Crippen LogP contribution is 2.24. The van der Waals surface area contributed by atoms with Crippen molar-refractivity contribution in [3.8, 4) is 0 Å². The van der Waals surface area contributed by atoms with Gasteiger partial charge in [-0.1, -0.05) is 0 Å². The molecule has 1 atom stereocenters. The van der Waals surface area contributed by atoms with E-state index in [2.05, 4.69) is 26.6 Å². The SMILES string of the molecule is Cc1cc(Br)c(F)cc1NC(=O)CC1CCCNC1. The van der Waals surface area contributed by atoms with Crippen LogP contribution in [-0.2, 0) is 4.79 Å². The monoisotopic (exact) mass is 328 g/mol. The van der Waals surface area contributed by atoms with Crippen molar-refractivity contribution >= 4 is 27.5 Å². The van der Waals surface area contributed by atoms with Crippen LogP contribution in [0.25, 0.3) is 0 Å². The molecule has 0 bridgehead atoms. The zero-order valence-corrected chi connectivity index (χ0v) is 12.5. The lowest BCUT2D eigenvalue weighted by Crippen LogP contribution is -2.32. The summed E-state index contributed by atoms with van der Waals surface area (Å²) in [5.74, 6) is -0.0203. The zero-order valence-electron chi connectivity index (χ0n) is 10.9. The second-order valence-corrected chi connectivity index (χ2v) is 5.90. The summed E-state index contributed by atoms with van der Waals surface area (Å²) in [5, 5.41) is 6.08. The van der Waals surface area contributed by atoms with Crippen molar-refractivity contribution in [2.45, 2.75) is 26.2 Å². The molecule has 5 heteroatoms. The highest BCUT2D eigenvalue weighted by atomic mass is 79.9. The van der Waals surface area contributed by atoms with Crippen LogP contribution in [0, 0.1) is 18.7 Å². The quantitative estimate of drug-likeness (QED) is 0.894. The van der Waals surface area contributed by atoms with E-state index in [-0.39, 0.29) is 11.7 Å². The van der Waals surface area contributed by atoms with Crippen molar-refractivity contribution in [1.29, 1.82) is 0 Å². The average molecular weight is 329 g/mol. The minimum Gasteiger partial charge on any atom is -0.326 e. The van der Waals surface area contributed by atoms with E-state index in [0.29, 0.717) is 22.5 Å². The van der Waals surface area contributed by atoms with Crippen LogP contribution in [0.15, 0.2) is 16.6 Å². The van der Waals surface area contributed by atoms with E-state index in [1.165, 1.54) is 6.07 Å². The smallest absolute Gasteiger partial charge is 0.224 e. The van der Waals surface area contributed by atoms with Crippen LogP contribution in [-0.4, -0.2) is 19.0 Å². The topological polar surface area (TPSA) is 41.1 Å². The number of amides is 1. The Morgan fingerprint density at radius 2 is 2.37 bits per heavy atom. The maximum Gasteiger partial charge on any atom is 0.224 e. The summed E-state index contributed by atoms with van der Waals surface area (Å²) in [6.07, 6.45) is 2.68. The van der Waals surface area contributed by atoms with Gasteiger partial charge in [-0.05, 0) is 72.4 Å². The van der Waals surface area contributed by atoms with Crippen molar-refractivity contribution in [1.82, 2.24) is 5.32 Å². The molecule has 2 N–H and O–H groups in total. The fourth-order valence-electron chi connectivity index (χ4n) is 2.34. The molecule has 1 heterocycles. The van der Waals surface area contributed by atoms with Gasteiger partial charge in [-0.2, -0.15) is 0 Å². The van der Waals surface area contributed by atoms with Gasteiger partial charge in [0.25, 0.3) is 0 Å². The molecular formula is C14H18BrFN2O. The van der Waals surface area contributed by atoms with Crippen LogP contribution in [0.1, 0.15) is 24.8 Å². The minimum atomic E-state index is -0.361. The summed E-state index contributed by atoms with van der Waals surface area (Å²) >= 11 is 3.13. The molecule has 104 valence electrons. The Bertz CT molecular complexity index is 473. The number of carbonyl (C=O) groups is 1. The Labute approximate surface area is 121 Å². The maximum atomic E-state index is 13.5. The van der Waals surface area contributed by atoms with Gasteiger partial charge in [0, 0.05) is 12.1 Å². The summed E-state index contributed by atoms with van der Waals surface area (Å²) in [7, 11) is 0. The van der Waals surface area contributed by atoms with Crippen LogP contribution < -0.4 is 10.6 Å². The van der Waals surface area contributed by atoms with Gasteiger partial charge < -0.3 is 10.6 Å². The number of hydrogen-bond acceptors (Lipinski definition) is 2. The van der Waals surface area contributed by atoms with Crippen molar-refractivity contribution in [3.63, 3.8) is 0 Å². The first kappa shape index (κ1) is 14.5. The second-order valence-electron chi connectivity index (χ2n) is 5.05. The molecule has 1 amide bonds. The zero-order chi connectivity index (χ0) is 13.8. The Balaban J connectivity index is 1.96. The van der Waals surface area contributed by atoms with Gasteiger partial charge in [0.1, 0.15) is 5.82 Å². The first-order chi connectivity index (χ1) is 9.06. The molecule has 19 heavy (non-hydrogen) atoms. The maximum absolute atomic E-state index is 13.5. The Kier molecular flexibility index (Phi) is 4.93. The number of carbonyl (C=O) groups excluding carboxylic acids is 1. The lowest BCUT2D eigenvalue weighted by Gasteiger charge is -2.22. The van der Waals surface area contributed by atoms with E-state index in [1.807, 2.05) is 6.92 Å². The van der Waals surface area contributed by atoms with E-state index >= 15 is 0 Å². The molecule has 1 aliphatic rings. The van der Waals surface area contributed by atoms with Crippen LogP contribution in [0.3, 0.4) is 0 Å². The number of nitrogens with one attached hydrogen (secondary N) is 2. The van der Waals surface area contributed by atoms with E-state index in [0.717, 1.165) is 31.5 Å². The summed E-state index contributed by atoms with van der Waals surface area (Å²) < 4.78 is 13.9. The van der Waals surface area contributed by atoms with Gasteiger partial charge in [-0.3, -0.25) is 4.79 Å². The molecule has 0 radical (unpaired) electrons. The molecule has 1 saturated heterocycles. The molecule has 0 spiro atoms. The molecule has 1 fully saturated rings. The van der Waals surface area contributed by atoms with Gasteiger partial charge in [0.05, 0.1) is 4.47 Å². The number of piperidine rings is 1. The predicted octanol–water partition coefficient (Wildman–Crippen LogP) is 3.22. The predicted molar refractivity (Wildman–Crippen MR) is 77.7 cm³/mol. The summed E-state index contributed by atoms with van der Waals surface area (Å²) in [4.78, 5) is 12.0. The van der Waals surface area contributed by atoms with Gasteiger partial charge in [0.15, 0.2) is 0 Å². The first-order valence-electron chi connectivity index (χ1n) is 6.52. The third-order valence-corrected chi connectivity index (χ3v) is 4.02. The number of halogens is 2. The number of rotatable bonds is 3. The van der Waals surface area contributed by atoms with Gasteiger partial charge >= 0.3 is 0 Å². The van der Waals surface area contributed by atoms with Crippen LogP contribution >= 0.6 is 15.9 Å². The lowest BCUT2D eigenvalue weighted by atomic mass is 9.96. The summed E-state index contributed by atoms with van der Waals surface area (Å²) in [6, 6.07) is 3.03. The number of benzene rings is 1. The molecule has 3 nitrogen and oxygen atoms in total. The largest absolute Gasteiger partial charge is 0.326 e. The lowest BCUT2D eigenvalue weighted by molar-refractivity contribution is -0.117. The summed E-state index contributed by atoms with van der Waals surface area (Å²) in [6.45, 7) is 3.78. The standard InChI is InChI=1S/C14H18BrFN2O/c1-9-5-11(15)12(16)7-13(9)18-14(19)6-10-3-2-4-17-8-10/h5,7,10,17H,2-4,6,8H2,1H3,(H,18,19). The first-order valence-corrected chi connectivity index (χ1v) is 7.32. The minimum absolute atomic E-state index is 0.0430. The van der Waals surface area contributed by atoms with Crippen molar-refractivity contribution < 1.29 is 9.18 Å². The fraction of sp³-hybridized carbons (Fsp3) is 0.500. The molecule has 0 saturated carbocycles. The molecule has 0 aromatic heterocycles. The molecular weight excluding hydrogens is 311 g/mol. The Morgan fingerprint density at radius 1 is 1.58 bits per heavy atom. The van der Waals surface area contributed by atoms with Crippen LogP contribution in [0.5, 0.6) is 0 Å². The third-order valence-electron chi connectivity index (χ3n) is 3.41. The number of aryl methyl sites for hydroxylation is 1. The highest BCUT2D eigenvalue weighted by Gasteiger charge is 2.17. The normalized spacial score (nSPS) is 19.2. The van der Waals surface area contributed by atoms with Crippen molar-refractivity contribution in [2.75, 3.05) is 18.4 Å². The third kappa shape index (κ3) is 4.01. The molecule has 2 rings (SSSR count). The second kappa shape index (κ2) is 6.48. The van der Waals surface area contributed by atoms with E-state index in [9.17, 15) is 9.18 Å². The van der Waals surface area contributed by atoms with Crippen molar-refractivity contribution in [3.05, 3.63) is 28.0 Å². The number of hydrogen-bond donors (Lipinski definition) is 2. The molecule has 1 unspecified atom stereocenters. The highest BCUT2D eigenvalue weighted by molar-refractivity contribution is 9.10. The van der Waals surface area contributed by atoms with Gasteiger partial charge in [-0.25, -0.2) is 4.39 Å². The molecule has 1 aromatic rings. The van der Waals surface area contributed by atoms with Crippen LogP contribution in [0.2, 0.25) is 0 Å². The fourth-order valence-corrected chi connectivity index (χ4v) is 2.80. The molecule has 0 aliphatic carbocycles. The van der Waals surface area contributed by atoms with E-state index in [1.54, 1.807) is 6.07 Å². The average Bonchev–Trinajstić information content (AvgIpc) is 2.37. The molecule has 1 aromatic carbocycles. The van der Waals surface area contributed by atoms with Crippen LogP contribution in [0.4, 0.5) is 10.1 Å². The van der Waals surface area contributed by atoms with Gasteiger partial charge in [-0.15, -0.1) is 0 Å². The Morgan fingerprint density at radius 3 is 3.05 bits per heavy atom. The Hall–Kier alpha value is -0.940. The van der Waals surface area contributed by atoms with E-state index in [4.69, 9.17) is 0 Å². The molecule has 1 aliphatic heterocycles. The number of anilines is 1. The van der Waals surface area contributed by atoms with E-state index < -0.39 is 0 Å².